The molecule has 162 valence electrons. The van der Waals surface area contributed by atoms with Crippen LogP contribution >= 0.6 is 0 Å². The Labute approximate surface area is 185 Å². The number of nitriles is 1. The van der Waals surface area contributed by atoms with Crippen LogP contribution in [0.5, 0.6) is 0 Å². The summed E-state index contributed by atoms with van der Waals surface area (Å²) in [4.78, 5) is 38.6. The van der Waals surface area contributed by atoms with Crippen LogP contribution in [-0.4, -0.2) is 13.7 Å². The quantitative estimate of drug-likeness (QED) is 0.490. The van der Waals surface area contributed by atoms with Gasteiger partial charge in [0.15, 0.2) is 0 Å². The normalized spacial score (nSPS) is 11.0. The molecule has 7 heteroatoms. The van der Waals surface area contributed by atoms with Crippen LogP contribution in [0.4, 0.5) is 0 Å². The maximum Gasteiger partial charge on any atom is 0.336 e. The first kappa shape index (κ1) is 22.5. The Morgan fingerprint density at radius 3 is 1.53 bits per heavy atom. The van der Waals surface area contributed by atoms with Crippen molar-refractivity contribution in [3.63, 3.8) is 0 Å². The molecule has 0 N–H and O–H groups in total. The van der Waals surface area contributed by atoms with Crippen LogP contribution in [0.15, 0.2) is 100 Å². The molecule has 0 bridgehead atoms. The third-order valence-corrected chi connectivity index (χ3v) is 5.44. The average molecular weight is 428 g/mol. The third kappa shape index (κ3) is 4.03. The van der Waals surface area contributed by atoms with E-state index in [-0.39, 0.29) is 26.1 Å². The fourth-order valence-corrected chi connectivity index (χ4v) is 3.81. The summed E-state index contributed by atoms with van der Waals surface area (Å²) in [5.74, 6) is 0. The van der Waals surface area contributed by atoms with Gasteiger partial charge in [0.25, 0.3) is 0 Å². The molecule has 0 aliphatic carbocycles. The van der Waals surface area contributed by atoms with Crippen LogP contribution in [0.3, 0.4) is 0 Å². The highest BCUT2D eigenvalue weighted by Crippen LogP contribution is 2.35. The highest BCUT2D eigenvalue weighted by atomic mass is 16.2. The molecule has 0 aliphatic rings. The molecule has 1 aromatic heterocycles. The Morgan fingerprint density at radius 2 is 1.16 bits per heavy atom. The van der Waals surface area contributed by atoms with Gasteiger partial charge >= 0.3 is 17.1 Å². The number of rotatable bonds is 9. The Morgan fingerprint density at radius 1 is 0.750 bits per heavy atom. The third-order valence-electron chi connectivity index (χ3n) is 5.44. The molecule has 0 spiro atoms. The maximum atomic E-state index is 13.0. The van der Waals surface area contributed by atoms with Crippen molar-refractivity contribution in [2.24, 2.45) is 0 Å². The standard InChI is InChI=1S/C25H24N4O3/c1-3-16-27-22(30)28(17-4-2)24(32)29(23(27)31)18-15-25(19-26,20-11-7-5-8-12-20)21-13-9-6-10-14-21/h3-14H,1-2,15-18H2. The van der Waals surface area contributed by atoms with Gasteiger partial charge in [-0.2, -0.15) is 5.26 Å². The van der Waals surface area contributed by atoms with Gasteiger partial charge in [-0.05, 0) is 17.5 Å². The molecule has 2 aromatic carbocycles. The largest absolute Gasteiger partial charge is 0.336 e. The molecule has 0 atom stereocenters. The summed E-state index contributed by atoms with van der Waals surface area (Å²) in [6.45, 7) is 7.05. The lowest BCUT2D eigenvalue weighted by Gasteiger charge is -2.28. The number of hydrogen-bond donors (Lipinski definition) is 0. The summed E-state index contributed by atoms with van der Waals surface area (Å²) >= 11 is 0. The Kier molecular flexibility index (Phi) is 6.86. The van der Waals surface area contributed by atoms with Crippen molar-refractivity contribution in [2.45, 2.75) is 31.5 Å². The Bertz CT molecular complexity index is 1240. The van der Waals surface area contributed by atoms with Gasteiger partial charge in [-0.3, -0.25) is 0 Å². The molecule has 0 saturated carbocycles. The van der Waals surface area contributed by atoms with Crippen LogP contribution in [0.25, 0.3) is 0 Å². The Hall–Kier alpha value is -4.18. The summed E-state index contributed by atoms with van der Waals surface area (Å²) in [6, 6.07) is 20.9. The molecule has 7 nitrogen and oxygen atoms in total. The monoisotopic (exact) mass is 428 g/mol. The number of aromatic nitrogens is 3. The molecular formula is C25H24N4O3. The van der Waals surface area contributed by atoms with Crippen molar-refractivity contribution in [1.29, 1.82) is 5.26 Å². The van der Waals surface area contributed by atoms with Crippen LogP contribution in [-0.2, 0) is 25.0 Å². The summed E-state index contributed by atoms with van der Waals surface area (Å²) in [6.07, 6.45) is 3.00. The lowest BCUT2D eigenvalue weighted by Crippen LogP contribution is -2.54. The highest BCUT2D eigenvalue weighted by molar-refractivity contribution is 5.45. The predicted molar refractivity (Wildman–Crippen MR) is 124 cm³/mol. The molecule has 32 heavy (non-hydrogen) atoms. The van der Waals surface area contributed by atoms with Gasteiger partial charge in [-0.15, -0.1) is 13.2 Å². The van der Waals surface area contributed by atoms with Crippen molar-refractivity contribution in [1.82, 2.24) is 13.7 Å². The summed E-state index contributed by atoms with van der Waals surface area (Å²) in [5.41, 5.74) is -1.74. The second-order valence-electron chi connectivity index (χ2n) is 7.30. The minimum absolute atomic E-state index is 0.0319. The topological polar surface area (TPSA) is 89.8 Å². The van der Waals surface area contributed by atoms with Gasteiger partial charge in [0.2, 0.25) is 0 Å². The minimum atomic E-state index is -1.09. The molecule has 0 radical (unpaired) electrons. The molecule has 0 amide bonds. The maximum absolute atomic E-state index is 13.0. The number of benzene rings is 2. The smallest absolute Gasteiger partial charge is 0.247 e. The fraction of sp³-hybridized carbons (Fsp3) is 0.200. The first-order valence-corrected chi connectivity index (χ1v) is 10.2. The van der Waals surface area contributed by atoms with Gasteiger partial charge in [-0.1, -0.05) is 72.8 Å². The number of nitrogens with zero attached hydrogens (tertiary/aromatic N) is 4. The lowest BCUT2D eigenvalue weighted by molar-refractivity contribution is 0.438. The summed E-state index contributed by atoms with van der Waals surface area (Å²) in [7, 11) is 0. The molecule has 1 heterocycles. The van der Waals surface area contributed by atoms with Gasteiger partial charge in [0, 0.05) is 6.54 Å². The van der Waals surface area contributed by atoms with Crippen LogP contribution in [0, 0.1) is 11.3 Å². The van der Waals surface area contributed by atoms with E-state index in [2.05, 4.69) is 19.2 Å². The first-order valence-electron chi connectivity index (χ1n) is 10.2. The second-order valence-corrected chi connectivity index (χ2v) is 7.30. The van der Waals surface area contributed by atoms with Crippen molar-refractivity contribution in [3.05, 3.63) is 129 Å². The van der Waals surface area contributed by atoms with E-state index < -0.39 is 22.5 Å². The molecule has 0 unspecified atom stereocenters. The van der Waals surface area contributed by atoms with E-state index in [1.165, 1.54) is 12.2 Å². The number of allylic oxidation sites excluding steroid dienone is 2. The van der Waals surface area contributed by atoms with Crippen molar-refractivity contribution in [3.8, 4) is 6.07 Å². The molecule has 0 aliphatic heterocycles. The SMILES string of the molecule is C=CCn1c(=O)n(CC=C)c(=O)n(CCC(C#N)(c2ccccc2)c2ccccc2)c1=O. The number of hydrogen-bond acceptors (Lipinski definition) is 4. The zero-order valence-corrected chi connectivity index (χ0v) is 17.7. The molecule has 3 rings (SSSR count). The van der Waals surface area contributed by atoms with Crippen LogP contribution < -0.4 is 17.1 Å². The van der Waals surface area contributed by atoms with E-state index in [1.54, 1.807) is 0 Å². The van der Waals surface area contributed by atoms with Gasteiger partial charge in [0.1, 0.15) is 5.41 Å². The van der Waals surface area contributed by atoms with E-state index in [4.69, 9.17) is 0 Å². The second kappa shape index (κ2) is 9.75. The van der Waals surface area contributed by atoms with Gasteiger partial charge < -0.3 is 0 Å². The van der Waals surface area contributed by atoms with E-state index in [1.807, 2.05) is 60.7 Å². The van der Waals surface area contributed by atoms with Crippen molar-refractivity contribution < 1.29 is 0 Å². The molecule has 0 saturated heterocycles. The van der Waals surface area contributed by atoms with Crippen molar-refractivity contribution >= 4 is 0 Å². The van der Waals surface area contributed by atoms with E-state index in [9.17, 15) is 19.6 Å². The summed E-state index contributed by atoms with van der Waals surface area (Å²) in [5, 5.41) is 10.3. The highest BCUT2D eigenvalue weighted by Gasteiger charge is 2.34. The summed E-state index contributed by atoms with van der Waals surface area (Å²) < 4.78 is 2.92. The average Bonchev–Trinajstić information content (AvgIpc) is 2.83. The Balaban J connectivity index is 2.17. The lowest BCUT2D eigenvalue weighted by atomic mass is 9.73. The predicted octanol–water partition coefficient (Wildman–Crippen LogP) is 2.44. The van der Waals surface area contributed by atoms with Crippen LogP contribution in [0.2, 0.25) is 0 Å². The molecular weight excluding hydrogens is 404 g/mol. The van der Waals surface area contributed by atoms with Gasteiger partial charge in [-0.25, -0.2) is 28.1 Å². The molecule has 0 fully saturated rings. The van der Waals surface area contributed by atoms with Crippen LogP contribution in [0.1, 0.15) is 17.5 Å². The zero-order valence-electron chi connectivity index (χ0n) is 17.7. The van der Waals surface area contributed by atoms with Gasteiger partial charge in [0.05, 0.1) is 19.2 Å². The first-order chi connectivity index (χ1) is 15.5. The minimum Gasteiger partial charge on any atom is -0.247 e. The van der Waals surface area contributed by atoms with E-state index in [0.29, 0.717) is 0 Å². The van der Waals surface area contributed by atoms with Crippen molar-refractivity contribution in [2.75, 3.05) is 0 Å². The van der Waals surface area contributed by atoms with E-state index >= 15 is 0 Å². The fourth-order valence-electron chi connectivity index (χ4n) is 3.81. The molecule has 3 aromatic rings. The zero-order chi connectivity index (χ0) is 23.1. The van der Waals surface area contributed by atoms with E-state index in [0.717, 1.165) is 24.8 Å².